The second-order valence-electron chi connectivity index (χ2n) is 10.9. The third kappa shape index (κ3) is 6.39. The van der Waals surface area contributed by atoms with E-state index in [1.54, 1.807) is 6.92 Å². The van der Waals surface area contributed by atoms with E-state index in [0.717, 1.165) is 18.1 Å². The van der Waals surface area contributed by atoms with Crippen LogP contribution in [-0.4, -0.2) is 43.7 Å². The minimum Gasteiger partial charge on any atom is -0.496 e. The van der Waals surface area contributed by atoms with Crippen LogP contribution in [0.2, 0.25) is 0 Å². The first kappa shape index (κ1) is 28.6. The van der Waals surface area contributed by atoms with Crippen LogP contribution in [0.4, 0.5) is 4.39 Å². The lowest BCUT2D eigenvalue weighted by Crippen LogP contribution is -2.46. The maximum Gasteiger partial charge on any atom is 0.311 e. The largest absolute Gasteiger partial charge is 0.496 e. The van der Waals surface area contributed by atoms with Gasteiger partial charge in [0, 0.05) is 12.1 Å². The van der Waals surface area contributed by atoms with Gasteiger partial charge in [-0.15, -0.1) is 0 Å². The number of carbonyl (C=O) groups excluding carboxylic acids is 3. The van der Waals surface area contributed by atoms with Crippen molar-refractivity contribution in [2.75, 3.05) is 13.7 Å². The van der Waals surface area contributed by atoms with Crippen LogP contribution in [-0.2, 0) is 25.7 Å². The summed E-state index contributed by atoms with van der Waals surface area (Å²) < 4.78 is 37.0. The van der Waals surface area contributed by atoms with Crippen molar-refractivity contribution in [3.8, 4) is 11.5 Å². The minimum absolute atomic E-state index is 0.00466. The van der Waals surface area contributed by atoms with E-state index in [1.165, 1.54) is 13.2 Å². The Hall–Kier alpha value is -3.88. The van der Waals surface area contributed by atoms with Crippen LogP contribution in [0.3, 0.4) is 0 Å². The highest BCUT2D eigenvalue weighted by Gasteiger charge is 2.50. The van der Waals surface area contributed by atoms with Gasteiger partial charge in [-0.25, -0.2) is 4.39 Å². The molecular weight excluding hydrogens is 529 g/mol. The molecule has 0 aromatic heterocycles. The van der Waals surface area contributed by atoms with Crippen LogP contribution < -0.4 is 14.8 Å². The van der Waals surface area contributed by atoms with Gasteiger partial charge in [0.15, 0.2) is 11.6 Å². The van der Waals surface area contributed by atoms with Gasteiger partial charge >= 0.3 is 11.9 Å². The summed E-state index contributed by atoms with van der Waals surface area (Å²) in [7, 11) is 1.37. The first-order valence-corrected chi connectivity index (χ1v) is 14.3. The molecule has 41 heavy (non-hydrogen) atoms. The van der Waals surface area contributed by atoms with E-state index in [4.69, 9.17) is 18.9 Å². The van der Waals surface area contributed by atoms with Crippen LogP contribution in [0, 0.1) is 29.5 Å². The summed E-state index contributed by atoms with van der Waals surface area (Å²) >= 11 is 0. The molecule has 1 amide bonds. The third-order valence-electron chi connectivity index (χ3n) is 8.34. The fourth-order valence-electron chi connectivity index (χ4n) is 6.22. The number of benzene rings is 2. The quantitative estimate of drug-likeness (QED) is 0.320. The Morgan fingerprint density at radius 1 is 0.927 bits per heavy atom. The van der Waals surface area contributed by atoms with Gasteiger partial charge in [-0.3, -0.25) is 14.4 Å². The standard InChI is InChI=1S/C32H36FNO7/c1-3-39-31(36)20-11-13-23(14-12-20)41-27-16-24(26(38-2)17-25(27)33)30(35)34-29-22-10-9-21(15-22)28(29)32(37)40-18-19-7-5-4-6-8-19/h4-10,16-17,20-23,28-29H,3,11-15,18H2,1-2H3,(H,34,35). The van der Waals surface area contributed by atoms with Gasteiger partial charge in [0.25, 0.3) is 5.91 Å². The molecule has 3 aliphatic carbocycles. The summed E-state index contributed by atoms with van der Waals surface area (Å²) in [6.07, 6.45) is 6.82. The number of ether oxygens (including phenoxy) is 4. The molecule has 0 saturated heterocycles. The van der Waals surface area contributed by atoms with Crippen LogP contribution >= 0.6 is 0 Å². The van der Waals surface area contributed by atoms with E-state index in [2.05, 4.69) is 5.32 Å². The number of halogens is 1. The lowest BCUT2D eigenvalue weighted by atomic mass is 9.87. The van der Waals surface area contributed by atoms with Gasteiger partial charge < -0.3 is 24.3 Å². The van der Waals surface area contributed by atoms with E-state index in [9.17, 15) is 18.8 Å². The number of fused-ring (bicyclic) bond motifs is 2. The molecule has 1 N–H and O–H groups in total. The molecule has 5 rings (SSSR count). The van der Waals surface area contributed by atoms with Crippen LogP contribution in [0.1, 0.15) is 54.9 Å². The summed E-state index contributed by atoms with van der Waals surface area (Å²) in [5.74, 6) is -2.40. The maximum atomic E-state index is 15.0. The Balaban J connectivity index is 1.26. The van der Waals surface area contributed by atoms with Crippen molar-refractivity contribution < 1.29 is 37.7 Å². The Morgan fingerprint density at radius 2 is 1.66 bits per heavy atom. The number of allylic oxidation sites excluding steroid dienone is 1. The van der Waals surface area contributed by atoms with Crippen molar-refractivity contribution in [1.82, 2.24) is 5.32 Å². The normalized spacial score (nSPS) is 26.3. The number of rotatable bonds is 10. The minimum atomic E-state index is -0.642. The molecule has 4 unspecified atom stereocenters. The molecule has 2 aromatic rings. The highest BCUT2D eigenvalue weighted by molar-refractivity contribution is 5.98. The summed E-state index contributed by atoms with van der Waals surface area (Å²) in [5.41, 5.74) is 1.00. The second-order valence-corrected chi connectivity index (χ2v) is 10.9. The third-order valence-corrected chi connectivity index (χ3v) is 8.34. The average Bonchev–Trinajstić information content (AvgIpc) is 3.60. The van der Waals surface area contributed by atoms with Crippen molar-refractivity contribution in [2.45, 2.75) is 57.8 Å². The first-order valence-electron chi connectivity index (χ1n) is 14.3. The first-order chi connectivity index (χ1) is 19.9. The van der Waals surface area contributed by atoms with Crippen molar-refractivity contribution >= 4 is 17.8 Å². The van der Waals surface area contributed by atoms with Gasteiger partial charge in [0.2, 0.25) is 0 Å². The summed E-state index contributed by atoms with van der Waals surface area (Å²) in [6, 6.07) is 11.5. The number of hydrogen-bond donors (Lipinski definition) is 1. The molecule has 2 bridgehead atoms. The summed E-state index contributed by atoms with van der Waals surface area (Å²) in [5, 5.41) is 3.01. The lowest BCUT2D eigenvalue weighted by Gasteiger charge is -2.29. The molecule has 8 nitrogen and oxygen atoms in total. The SMILES string of the molecule is CCOC(=O)C1CCC(Oc2cc(C(=O)NC3C4C=CC(C4)C3C(=O)OCc3ccccc3)c(OC)cc2F)CC1. The van der Waals surface area contributed by atoms with E-state index >= 15 is 0 Å². The summed E-state index contributed by atoms with van der Waals surface area (Å²) in [4.78, 5) is 38.7. The number of hydrogen-bond acceptors (Lipinski definition) is 7. The number of carbonyl (C=O) groups is 3. The number of amides is 1. The number of methoxy groups -OCH3 is 1. The monoisotopic (exact) mass is 565 g/mol. The molecule has 2 fully saturated rings. The second kappa shape index (κ2) is 12.7. The Kier molecular flexibility index (Phi) is 8.90. The van der Waals surface area contributed by atoms with Crippen molar-refractivity contribution in [3.05, 3.63) is 71.6 Å². The van der Waals surface area contributed by atoms with Gasteiger partial charge in [-0.05, 0) is 62.5 Å². The molecule has 4 atom stereocenters. The van der Waals surface area contributed by atoms with Crippen molar-refractivity contribution in [1.29, 1.82) is 0 Å². The lowest BCUT2D eigenvalue weighted by molar-refractivity contribution is -0.151. The van der Waals surface area contributed by atoms with E-state index in [-0.39, 0.29) is 59.5 Å². The van der Waals surface area contributed by atoms with E-state index in [1.807, 2.05) is 42.5 Å². The fraction of sp³-hybridized carbons (Fsp3) is 0.469. The van der Waals surface area contributed by atoms with Crippen molar-refractivity contribution in [3.63, 3.8) is 0 Å². The number of nitrogens with one attached hydrogen (secondary N) is 1. The Morgan fingerprint density at radius 3 is 2.37 bits per heavy atom. The zero-order chi connectivity index (χ0) is 28.9. The van der Waals surface area contributed by atoms with E-state index in [0.29, 0.717) is 32.3 Å². The highest BCUT2D eigenvalue weighted by atomic mass is 19.1. The van der Waals surface area contributed by atoms with Gasteiger partial charge in [-0.2, -0.15) is 0 Å². The maximum absolute atomic E-state index is 15.0. The predicted octanol–water partition coefficient (Wildman–Crippen LogP) is 5.00. The molecule has 2 aromatic carbocycles. The van der Waals surface area contributed by atoms with Crippen molar-refractivity contribution in [2.24, 2.45) is 23.7 Å². The topological polar surface area (TPSA) is 100 Å². The van der Waals surface area contributed by atoms with Crippen LogP contribution in [0.25, 0.3) is 0 Å². The Labute approximate surface area is 239 Å². The molecule has 2 saturated carbocycles. The predicted molar refractivity (Wildman–Crippen MR) is 148 cm³/mol. The number of esters is 2. The molecule has 9 heteroatoms. The van der Waals surface area contributed by atoms with Gasteiger partial charge in [-0.1, -0.05) is 42.5 Å². The zero-order valence-electron chi connectivity index (χ0n) is 23.3. The molecule has 0 radical (unpaired) electrons. The molecule has 0 spiro atoms. The fourth-order valence-corrected chi connectivity index (χ4v) is 6.22. The van der Waals surface area contributed by atoms with Gasteiger partial charge in [0.05, 0.1) is 37.2 Å². The van der Waals surface area contributed by atoms with E-state index < -0.39 is 23.7 Å². The smallest absolute Gasteiger partial charge is 0.311 e. The molecule has 0 aliphatic heterocycles. The van der Waals surface area contributed by atoms with Crippen LogP contribution in [0.5, 0.6) is 11.5 Å². The molecule has 0 heterocycles. The molecule has 218 valence electrons. The molecule has 3 aliphatic rings. The highest BCUT2D eigenvalue weighted by Crippen LogP contribution is 2.45. The Bertz CT molecular complexity index is 1290. The average molecular weight is 566 g/mol. The molecular formula is C32H36FNO7. The zero-order valence-corrected chi connectivity index (χ0v) is 23.3. The van der Waals surface area contributed by atoms with Crippen LogP contribution in [0.15, 0.2) is 54.6 Å². The van der Waals surface area contributed by atoms with Gasteiger partial charge in [0.1, 0.15) is 12.4 Å². The summed E-state index contributed by atoms with van der Waals surface area (Å²) in [6.45, 7) is 2.27.